The number of carbonyl (C=O) groups is 1. The topological polar surface area (TPSA) is 37.3 Å². The van der Waals surface area contributed by atoms with E-state index >= 15 is 0 Å². The summed E-state index contributed by atoms with van der Waals surface area (Å²) in [6, 6.07) is 0. The Bertz CT molecular complexity index is 329. The zero-order chi connectivity index (χ0) is 18.9. The molecule has 0 radical (unpaired) electrons. The van der Waals surface area contributed by atoms with E-state index in [2.05, 4.69) is 0 Å². The number of carboxylic acids is 1. The molecule has 2 heteroatoms. The molecule has 0 aromatic carbocycles. The zero-order valence-corrected chi connectivity index (χ0v) is 17.4. The van der Waals surface area contributed by atoms with Gasteiger partial charge in [-0.25, -0.2) is 4.79 Å². The van der Waals surface area contributed by atoms with Gasteiger partial charge in [-0.05, 0) is 25.7 Å². The first kappa shape index (κ1) is 23.2. The van der Waals surface area contributed by atoms with Crippen molar-refractivity contribution in [3.63, 3.8) is 0 Å². The maximum atomic E-state index is 10.8. The van der Waals surface area contributed by atoms with Crippen LogP contribution >= 0.6 is 0 Å². The Kier molecular flexibility index (Phi) is 14.7. The molecule has 2 rings (SSSR count). The standard InChI is InChI=1S/C14H24O2.C10H20/c1-12(14(15)16)11-13-9-7-5-3-2-4-6-8-10-13;1-2-4-6-8-10-9-7-5-3-1/h11,13H,2-10H2,1H3,(H,15,16);1-10H2. The van der Waals surface area contributed by atoms with Gasteiger partial charge in [0.25, 0.3) is 0 Å². The first-order valence-electron chi connectivity index (χ1n) is 11.6. The predicted octanol–water partition coefficient (Wildman–Crippen LogP) is 8.06. The van der Waals surface area contributed by atoms with Crippen LogP contribution in [0.4, 0.5) is 0 Å². The SMILES string of the molecule is C1CCCCCCCCC1.CC(=CC1CCCCCCCCC1)C(=O)O. The number of aliphatic carboxylic acids is 1. The van der Waals surface area contributed by atoms with Crippen LogP contribution in [0.1, 0.15) is 129 Å². The highest BCUT2D eigenvalue weighted by Gasteiger charge is 2.10. The van der Waals surface area contributed by atoms with Crippen LogP contribution in [0.5, 0.6) is 0 Å². The van der Waals surface area contributed by atoms with E-state index in [4.69, 9.17) is 5.11 Å². The zero-order valence-electron chi connectivity index (χ0n) is 17.4. The molecule has 1 N–H and O–H groups in total. The van der Waals surface area contributed by atoms with Gasteiger partial charge in [-0.1, -0.05) is 115 Å². The number of hydrogen-bond acceptors (Lipinski definition) is 1. The summed E-state index contributed by atoms with van der Waals surface area (Å²) in [4.78, 5) is 10.8. The predicted molar refractivity (Wildman–Crippen MR) is 113 cm³/mol. The van der Waals surface area contributed by atoms with Crippen molar-refractivity contribution in [1.29, 1.82) is 0 Å². The largest absolute Gasteiger partial charge is 0.478 e. The van der Waals surface area contributed by atoms with E-state index in [1.165, 1.54) is 122 Å². The molecule has 0 amide bonds. The van der Waals surface area contributed by atoms with E-state index in [0.717, 1.165) is 0 Å². The third-order valence-electron chi connectivity index (χ3n) is 5.97. The van der Waals surface area contributed by atoms with Gasteiger partial charge in [0.15, 0.2) is 0 Å². The lowest BCUT2D eigenvalue weighted by Gasteiger charge is -2.15. The lowest BCUT2D eigenvalue weighted by Crippen LogP contribution is -2.04. The summed E-state index contributed by atoms with van der Waals surface area (Å²) in [5.41, 5.74) is 0.516. The van der Waals surface area contributed by atoms with Gasteiger partial charge in [-0.2, -0.15) is 0 Å². The van der Waals surface area contributed by atoms with Crippen molar-refractivity contribution in [2.45, 2.75) is 129 Å². The van der Waals surface area contributed by atoms with Crippen molar-refractivity contribution in [1.82, 2.24) is 0 Å². The second-order valence-electron chi connectivity index (χ2n) is 8.50. The molecule has 2 saturated carbocycles. The lowest BCUT2D eigenvalue weighted by atomic mass is 9.91. The van der Waals surface area contributed by atoms with Gasteiger partial charge in [0, 0.05) is 5.57 Å². The fourth-order valence-corrected chi connectivity index (χ4v) is 4.20. The highest BCUT2D eigenvalue weighted by Crippen LogP contribution is 2.23. The van der Waals surface area contributed by atoms with Crippen molar-refractivity contribution in [2.75, 3.05) is 0 Å². The Labute approximate surface area is 162 Å². The molecule has 0 unspecified atom stereocenters. The number of hydrogen-bond donors (Lipinski definition) is 1. The molecular weight excluding hydrogens is 320 g/mol. The second kappa shape index (κ2) is 16.4. The molecule has 0 saturated heterocycles. The molecule has 0 heterocycles. The molecule has 0 spiro atoms. The average Bonchev–Trinajstić information content (AvgIpc) is 2.65. The van der Waals surface area contributed by atoms with Crippen LogP contribution in [0.15, 0.2) is 11.6 Å². The van der Waals surface area contributed by atoms with E-state index in [1.54, 1.807) is 6.92 Å². The Morgan fingerprint density at radius 1 is 0.615 bits per heavy atom. The van der Waals surface area contributed by atoms with Gasteiger partial charge in [0.05, 0.1) is 0 Å². The monoisotopic (exact) mass is 364 g/mol. The number of allylic oxidation sites excluding steroid dienone is 1. The summed E-state index contributed by atoms with van der Waals surface area (Å²) in [5, 5.41) is 8.87. The minimum atomic E-state index is -0.767. The Balaban J connectivity index is 0.000000289. The average molecular weight is 365 g/mol. The summed E-state index contributed by atoms with van der Waals surface area (Å²) >= 11 is 0. The maximum absolute atomic E-state index is 10.8. The minimum absolute atomic E-state index is 0.495. The molecule has 26 heavy (non-hydrogen) atoms. The van der Waals surface area contributed by atoms with Crippen LogP contribution in [0, 0.1) is 5.92 Å². The first-order valence-corrected chi connectivity index (χ1v) is 11.6. The fraction of sp³-hybridized carbons (Fsp3) is 0.875. The second-order valence-corrected chi connectivity index (χ2v) is 8.50. The Morgan fingerprint density at radius 3 is 1.15 bits per heavy atom. The summed E-state index contributed by atoms with van der Waals surface area (Å²) in [6.07, 6.45) is 28.6. The van der Waals surface area contributed by atoms with Crippen LogP contribution in [0.25, 0.3) is 0 Å². The van der Waals surface area contributed by atoms with Gasteiger partial charge >= 0.3 is 5.97 Å². The first-order chi connectivity index (χ1) is 12.7. The van der Waals surface area contributed by atoms with E-state index < -0.39 is 5.97 Å². The van der Waals surface area contributed by atoms with Crippen LogP contribution in [-0.4, -0.2) is 11.1 Å². The highest BCUT2D eigenvalue weighted by atomic mass is 16.4. The maximum Gasteiger partial charge on any atom is 0.330 e. The van der Waals surface area contributed by atoms with Crippen molar-refractivity contribution < 1.29 is 9.90 Å². The molecule has 2 fully saturated rings. The minimum Gasteiger partial charge on any atom is -0.478 e. The van der Waals surface area contributed by atoms with Gasteiger partial charge in [-0.3, -0.25) is 0 Å². The number of rotatable bonds is 2. The molecule has 2 nitrogen and oxygen atoms in total. The highest BCUT2D eigenvalue weighted by molar-refractivity contribution is 5.85. The van der Waals surface area contributed by atoms with Crippen molar-refractivity contribution >= 4 is 5.97 Å². The quantitative estimate of drug-likeness (QED) is 0.503. The van der Waals surface area contributed by atoms with Crippen LogP contribution in [0.2, 0.25) is 0 Å². The Morgan fingerprint density at radius 2 is 0.885 bits per heavy atom. The van der Waals surface area contributed by atoms with Crippen LogP contribution < -0.4 is 0 Å². The molecule has 0 bridgehead atoms. The van der Waals surface area contributed by atoms with Crippen LogP contribution in [0.3, 0.4) is 0 Å². The van der Waals surface area contributed by atoms with E-state index in [-0.39, 0.29) is 0 Å². The van der Waals surface area contributed by atoms with Crippen molar-refractivity contribution in [3.05, 3.63) is 11.6 Å². The smallest absolute Gasteiger partial charge is 0.330 e. The molecule has 0 aliphatic heterocycles. The van der Waals surface area contributed by atoms with Gasteiger partial charge < -0.3 is 5.11 Å². The van der Waals surface area contributed by atoms with Gasteiger partial charge in [0.1, 0.15) is 0 Å². The molecule has 0 atom stereocenters. The van der Waals surface area contributed by atoms with Crippen molar-refractivity contribution in [3.8, 4) is 0 Å². The fourth-order valence-electron chi connectivity index (χ4n) is 4.20. The van der Waals surface area contributed by atoms with E-state index in [9.17, 15) is 4.79 Å². The third kappa shape index (κ3) is 13.4. The van der Waals surface area contributed by atoms with Crippen molar-refractivity contribution in [2.24, 2.45) is 5.92 Å². The van der Waals surface area contributed by atoms with E-state index in [1.807, 2.05) is 6.08 Å². The third-order valence-corrected chi connectivity index (χ3v) is 5.97. The number of carboxylic acid groups (broad SMARTS) is 1. The normalized spacial score (nSPS) is 22.6. The van der Waals surface area contributed by atoms with E-state index in [0.29, 0.717) is 11.5 Å². The van der Waals surface area contributed by atoms with Crippen LogP contribution in [-0.2, 0) is 4.79 Å². The summed E-state index contributed by atoms with van der Waals surface area (Å²) in [7, 11) is 0. The summed E-state index contributed by atoms with van der Waals surface area (Å²) in [6.45, 7) is 1.71. The molecular formula is C24H44O2. The van der Waals surface area contributed by atoms with Gasteiger partial charge in [-0.15, -0.1) is 0 Å². The molecule has 2 aliphatic carbocycles. The molecule has 152 valence electrons. The Hall–Kier alpha value is -0.790. The molecule has 0 aromatic heterocycles. The molecule has 0 aromatic rings. The van der Waals surface area contributed by atoms with Gasteiger partial charge in [0.2, 0.25) is 0 Å². The summed E-state index contributed by atoms with van der Waals surface area (Å²) < 4.78 is 0. The lowest BCUT2D eigenvalue weighted by molar-refractivity contribution is -0.132. The summed E-state index contributed by atoms with van der Waals surface area (Å²) in [5.74, 6) is -0.272. The molecule has 2 aliphatic rings.